The molecule has 0 spiro atoms. The summed E-state index contributed by atoms with van der Waals surface area (Å²) in [6.07, 6.45) is -15.7. The van der Waals surface area contributed by atoms with Gasteiger partial charge in [0.15, 0.2) is 35.6 Å². The minimum Gasteiger partial charge on any atom is -0.504 e. The minimum absolute atomic E-state index is 0.0204. The Bertz CT molecular complexity index is 1360. The second-order valence-electron chi connectivity index (χ2n) is 12.0. The van der Waals surface area contributed by atoms with Gasteiger partial charge >= 0.3 is 0 Å². The highest BCUT2D eigenvalue weighted by atomic mass is 16.8. The molecule has 16 nitrogen and oxygen atoms in total. The molecule has 0 radical (unpaired) electrons. The minimum atomic E-state index is -1.82. The molecule has 48 heavy (non-hydrogen) atoms. The highest BCUT2D eigenvalue weighted by molar-refractivity contribution is 5.56. The van der Waals surface area contributed by atoms with Gasteiger partial charge in [-0.25, -0.2) is 0 Å². The van der Waals surface area contributed by atoms with E-state index in [0.29, 0.717) is 35.5 Å². The summed E-state index contributed by atoms with van der Waals surface area (Å²) < 4.78 is 40.7. The van der Waals surface area contributed by atoms with Crippen LogP contribution in [0.4, 0.5) is 0 Å². The first-order chi connectivity index (χ1) is 23.1. The van der Waals surface area contributed by atoms with Crippen molar-refractivity contribution in [1.29, 1.82) is 0 Å². The fourth-order valence-corrected chi connectivity index (χ4v) is 6.25. The fourth-order valence-electron chi connectivity index (χ4n) is 6.25. The third kappa shape index (κ3) is 7.21. The highest BCUT2D eigenvalue weighted by Gasteiger charge is 2.51. The zero-order chi connectivity index (χ0) is 34.7. The number of aryl methyl sites for hydroxylation is 1. The average Bonchev–Trinajstić information content (AvgIpc) is 3.46. The van der Waals surface area contributed by atoms with Gasteiger partial charge in [-0.05, 0) is 42.2 Å². The number of ether oxygens (including phenoxy) is 7. The number of methoxy groups -OCH3 is 2. The lowest BCUT2D eigenvalue weighted by Gasteiger charge is -2.46. The average molecular weight is 685 g/mol. The number of aliphatic hydroxyl groups is 8. The van der Waals surface area contributed by atoms with Crippen molar-refractivity contribution in [3.8, 4) is 23.0 Å². The second kappa shape index (κ2) is 15.8. The number of fused-ring (bicyclic) bond motifs is 1. The zero-order valence-corrected chi connectivity index (χ0v) is 26.4. The van der Waals surface area contributed by atoms with Gasteiger partial charge in [0.05, 0.1) is 40.0 Å². The number of hydrogen-bond acceptors (Lipinski definition) is 16. The van der Waals surface area contributed by atoms with Gasteiger partial charge in [0.2, 0.25) is 0 Å². The van der Waals surface area contributed by atoms with Crippen molar-refractivity contribution in [2.45, 2.75) is 86.3 Å². The van der Waals surface area contributed by atoms with Crippen molar-refractivity contribution in [3.05, 3.63) is 47.0 Å². The highest BCUT2D eigenvalue weighted by Crippen LogP contribution is 2.52. The number of benzene rings is 2. The van der Waals surface area contributed by atoms with Crippen LogP contribution in [0.2, 0.25) is 0 Å². The van der Waals surface area contributed by atoms with Crippen LogP contribution in [-0.2, 0) is 25.4 Å². The van der Waals surface area contributed by atoms with E-state index in [1.165, 1.54) is 20.3 Å². The van der Waals surface area contributed by atoms with Crippen LogP contribution in [0.15, 0.2) is 30.3 Å². The van der Waals surface area contributed by atoms with E-state index in [1.54, 1.807) is 12.1 Å². The molecule has 0 bridgehead atoms. The summed E-state index contributed by atoms with van der Waals surface area (Å²) >= 11 is 0. The van der Waals surface area contributed by atoms with E-state index in [9.17, 15) is 46.0 Å². The number of phenolic OH excluding ortho intramolecular Hbond substituents is 1. The molecule has 12 atom stereocenters. The van der Waals surface area contributed by atoms with Gasteiger partial charge < -0.3 is 79.1 Å². The van der Waals surface area contributed by atoms with E-state index < -0.39 is 86.6 Å². The fraction of sp³-hybridized carbons (Fsp3) is 0.625. The first-order valence-electron chi connectivity index (χ1n) is 15.6. The van der Waals surface area contributed by atoms with Crippen molar-refractivity contribution in [2.75, 3.05) is 40.6 Å². The molecule has 2 unspecified atom stereocenters. The molecule has 16 heteroatoms. The van der Waals surface area contributed by atoms with Gasteiger partial charge in [-0.15, -0.1) is 0 Å². The monoisotopic (exact) mass is 684 g/mol. The van der Waals surface area contributed by atoms with E-state index >= 15 is 0 Å². The van der Waals surface area contributed by atoms with Gasteiger partial charge in [0, 0.05) is 12.2 Å². The topological polar surface area (TPSA) is 247 Å². The maximum atomic E-state index is 11.1. The van der Waals surface area contributed by atoms with Gasteiger partial charge in [-0.1, -0.05) is 12.1 Å². The van der Waals surface area contributed by atoms with Crippen LogP contribution in [0.3, 0.4) is 0 Å². The van der Waals surface area contributed by atoms with Crippen LogP contribution in [0.25, 0.3) is 0 Å². The number of hydrogen-bond donors (Lipinski definition) is 9. The zero-order valence-electron chi connectivity index (χ0n) is 26.4. The largest absolute Gasteiger partial charge is 0.504 e. The van der Waals surface area contributed by atoms with Crippen LogP contribution in [0.5, 0.6) is 23.0 Å². The van der Waals surface area contributed by atoms with Crippen LogP contribution in [-0.4, -0.2) is 148 Å². The summed E-state index contributed by atoms with van der Waals surface area (Å²) in [7, 11) is 2.91. The van der Waals surface area contributed by atoms with Crippen molar-refractivity contribution in [1.82, 2.24) is 0 Å². The molecule has 0 aromatic heterocycles. The molecule has 268 valence electrons. The standard InChI is InChI=1S/C32H44O16/c1-42-19-10-15(5-6-18(19)36)28-17(16-8-14(4-3-7-33)9-20(43-2)29(16)47-28)13-44-32-30(26(40)24(38)22(12-35)46-32)48-31-27(41)25(39)23(37)21(11-34)45-31/h5-6,8-10,17,21-28,30-41H,3-4,7,11-13H2,1-2H3/t17?,21-,22-,23-,24-,25+,26+,27-,28?,30-,31+,32+/m1/s1. The summed E-state index contributed by atoms with van der Waals surface area (Å²) in [5.41, 5.74) is 2.14. The molecule has 2 aromatic carbocycles. The molecule has 0 saturated carbocycles. The normalized spacial score (nSPS) is 34.8. The van der Waals surface area contributed by atoms with Gasteiger partial charge in [0.25, 0.3) is 0 Å². The van der Waals surface area contributed by atoms with Gasteiger partial charge in [-0.2, -0.15) is 0 Å². The Hall–Kier alpha value is -2.84. The Morgan fingerprint density at radius 1 is 0.750 bits per heavy atom. The first kappa shape index (κ1) is 36.4. The van der Waals surface area contributed by atoms with Crippen LogP contribution < -0.4 is 14.2 Å². The van der Waals surface area contributed by atoms with Crippen LogP contribution >= 0.6 is 0 Å². The molecule has 3 aliphatic heterocycles. The number of aromatic hydroxyl groups is 1. The Kier molecular flexibility index (Phi) is 12.0. The third-order valence-corrected chi connectivity index (χ3v) is 8.93. The molecule has 2 fully saturated rings. The Morgan fingerprint density at radius 3 is 2.06 bits per heavy atom. The summed E-state index contributed by atoms with van der Waals surface area (Å²) in [6, 6.07) is 8.44. The Morgan fingerprint density at radius 2 is 1.42 bits per heavy atom. The molecular weight excluding hydrogens is 640 g/mol. The number of aliphatic hydroxyl groups excluding tert-OH is 8. The molecule has 0 aliphatic carbocycles. The number of phenols is 1. The molecule has 5 rings (SSSR count). The predicted molar refractivity (Wildman–Crippen MR) is 162 cm³/mol. The maximum Gasteiger partial charge on any atom is 0.187 e. The first-order valence-corrected chi connectivity index (χ1v) is 15.6. The Balaban J connectivity index is 1.47. The van der Waals surface area contributed by atoms with Crippen molar-refractivity contribution < 1.29 is 79.1 Å². The van der Waals surface area contributed by atoms with Crippen LogP contribution in [0, 0.1) is 0 Å². The Labute approximate surface area is 276 Å². The molecule has 9 N–H and O–H groups in total. The molecule has 2 saturated heterocycles. The molecule has 0 amide bonds. The van der Waals surface area contributed by atoms with Crippen molar-refractivity contribution in [3.63, 3.8) is 0 Å². The van der Waals surface area contributed by atoms with E-state index in [4.69, 9.17) is 33.2 Å². The summed E-state index contributed by atoms with van der Waals surface area (Å²) in [6.45, 7) is -1.61. The molecule has 2 aromatic rings. The summed E-state index contributed by atoms with van der Waals surface area (Å²) in [5, 5.41) is 91.9. The van der Waals surface area contributed by atoms with Crippen molar-refractivity contribution >= 4 is 0 Å². The molecule has 3 heterocycles. The van der Waals surface area contributed by atoms with E-state index in [2.05, 4.69) is 0 Å². The SMILES string of the molecule is COc1cc(C2Oc3c(OC)cc(CCCO)cc3C2CO[C@H]2O[C@H](CO)[C@@H](O)[C@H](O)[C@H]2O[C@@H]2O[C@H](CO)[C@@H](O)[C@H](O)[C@H]2O)ccc1O. The van der Waals surface area contributed by atoms with E-state index in [0.717, 1.165) is 5.56 Å². The van der Waals surface area contributed by atoms with Gasteiger partial charge in [0.1, 0.15) is 54.9 Å². The lowest BCUT2D eigenvalue weighted by atomic mass is 9.90. The van der Waals surface area contributed by atoms with E-state index in [1.807, 2.05) is 12.1 Å². The lowest BCUT2D eigenvalue weighted by molar-refractivity contribution is -0.367. The maximum absolute atomic E-state index is 11.1. The molecular formula is C32H44O16. The van der Waals surface area contributed by atoms with Crippen molar-refractivity contribution in [2.24, 2.45) is 0 Å². The second-order valence-corrected chi connectivity index (χ2v) is 12.0. The quantitative estimate of drug-likeness (QED) is 0.113. The number of rotatable bonds is 13. The lowest BCUT2D eigenvalue weighted by Crippen LogP contribution is -2.64. The smallest absolute Gasteiger partial charge is 0.187 e. The van der Waals surface area contributed by atoms with Gasteiger partial charge in [-0.3, -0.25) is 0 Å². The third-order valence-electron chi connectivity index (χ3n) is 8.93. The summed E-state index contributed by atoms with van der Waals surface area (Å²) in [4.78, 5) is 0. The van der Waals surface area contributed by atoms with E-state index in [-0.39, 0.29) is 24.7 Å². The molecule has 3 aliphatic rings. The van der Waals surface area contributed by atoms with Crippen LogP contribution in [0.1, 0.15) is 35.1 Å². The summed E-state index contributed by atoms with van der Waals surface area (Å²) in [5.74, 6) is 0.396. The predicted octanol–water partition coefficient (Wildman–Crippen LogP) is -1.81.